The van der Waals surface area contributed by atoms with E-state index in [0.717, 1.165) is 11.3 Å². The fourth-order valence-electron chi connectivity index (χ4n) is 2.93. The second kappa shape index (κ2) is 5.45. The molecule has 1 aliphatic heterocycles. The Morgan fingerprint density at radius 2 is 2.09 bits per heavy atom. The second-order valence-electron chi connectivity index (χ2n) is 6.27. The molecular weight excluding hydrogens is 280 g/mol. The predicted molar refractivity (Wildman–Crippen MR) is 82.0 cm³/mol. The molecule has 0 fully saturated rings. The number of esters is 1. The van der Waals surface area contributed by atoms with Gasteiger partial charge in [-0.25, -0.2) is 0 Å². The summed E-state index contributed by atoms with van der Waals surface area (Å²) in [5.41, 5.74) is -0.252. The van der Waals surface area contributed by atoms with E-state index in [1.165, 1.54) is 6.92 Å². The first-order valence-electron chi connectivity index (χ1n) is 7.16. The molecule has 1 atom stereocenters. The van der Waals surface area contributed by atoms with Gasteiger partial charge >= 0.3 is 5.97 Å². The summed E-state index contributed by atoms with van der Waals surface area (Å²) >= 11 is 0. The highest BCUT2D eigenvalue weighted by atomic mass is 16.5. The van der Waals surface area contributed by atoms with Crippen molar-refractivity contribution >= 4 is 17.6 Å². The quantitative estimate of drug-likeness (QED) is 0.803. The third kappa shape index (κ3) is 2.35. The van der Waals surface area contributed by atoms with Gasteiger partial charge in [-0.2, -0.15) is 5.26 Å². The smallest absolute Gasteiger partial charge is 0.302 e. The number of fused-ring (bicyclic) bond motifs is 1. The Morgan fingerprint density at radius 1 is 1.45 bits per heavy atom. The highest BCUT2D eigenvalue weighted by Crippen LogP contribution is 2.48. The summed E-state index contributed by atoms with van der Waals surface area (Å²) in [6.45, 7) is 4.64. The van der Waals surface area contributed by atoms with Gasteiger partial charge in [0.1, 0.15) is 12.0 Å². The van der Waals surface area contributed by atoms with Gasteiger partial charge in [0.15, 0.2) is 0 Å². The van der Waals surface area contributed by atoms with Crippen molar-refractivity contribution in [2.45, 2.75) is 27.2 Å². The lowest BCUT2D eigenvalue weighted by molar-refractivity contribution is -0.152. The van der Waals surface area contributed by atoms with E-state index in [0.29, 0.717) is 6.42 Å². The molecule has 1 aliphatic rings. The molecule has 2 rings (SSSR count). The number of amides is 1. The molecule has 22 heavy (non-hydrogen) atoms. The van der Waals surface area contributed by atoms with Crippen LogP contribution in [0.25, 0.3) is 0 Å². The maximum Gasteiger partial charge on any atom is 0.302 e. The number of hydrogen-bond donors (Lipinski definition) is 0. The molecular formula is C17H20N2O3. The first kappa shape index (κ1) is 16.0. The molecule has 1 amide bonds. The zero-order valence-electron chi connectivity index (χ0n) is 13.3. The van der Waals surface area contributed by atoms with E-state index in [4.69, 9.17) is 4.74 Å². The van der Waals surface area contributed by atoms with Gasteiger partial charge in [0.05, 0.1) is 11.5 Å². The average molecular weight is 300 g/mol. The fourth-order valence-corrected chi connectivity index (χ4v) is 2.93. The predicted octanol–water partition coefficient (Wildman–Crippen LogP) is 2.30. The summed E-state index contributed by atoms with van der Waals surface area (Å²) in [7, 11) is 1.69. The van der Waals surface area contributed by atoms with E-state index in [1.54, 1.807) is 25.8 Å². The summed E-state index contributed by atoms with van der Waals surface area (Å²) < 4.78 is 5.17. The van der Waals surface area contributed by atoms with Crippen molar-refractivity contribution in [3.63, 3.8) is 0 Å². The minimum absolute atomic E-state index is 0.0968. The van der Waals surface area contributed by atoms with Crippen molar-refractivity contribution in [3.8, 4) is 6.07 Å². The Kier molecular flexibility index (Phi) is 3.97. The number of carbonyl (C=O) groups is 2. The largest absolute Gasteiger partial charge is 0.465 e. The van der Waals surface area contributed by atoms with Crippen LogP contribution < -0.4 is 4.90 Å². The maximum absolute atomic E-state index is 13.0. The molecule has 0 unspecified atom stereocenters. The molecule has 0 saturated carbocycles. The Hall–Kier alpha value is -2.35. The number of nitrogens with zero attached hydrogens (tertiary/aromatic N) is 2. The molecule has 0 N–H and O–H groups in total. The molecule has 5 nitrogen and oxygen atoms in total. The van der Waals surface area contributed by atoms with Gasteiger partial charge < -0.3 is 9.64 Å². The monoisotopic (exact) mass is 300 g/mol. The Bertz CT molecular complexity index is 660. The van der Waals surface area contributed by atoms with Crippen LogP contribution in [-0.2, 0) is 20.7 Å². The summed E-state index contributed by atoms with van der Waals surface area (Å²) in [6, 6.07) is 9.81. The van der Waals surface area contributed by atoms with Gasteiger partial charge in [0.2, 0.25) is 5.91 Å². The SMILES string of the molecule is CC(=O)OC[C@]1(C(C)(C)C#N)Cc2ccccc2N(C)C1=O. The molecule has 0 aliphatic carbocycles. The van der Waals surface area contributed by atoms with Crippen LogP contribution in [0.4, 0.5) is 5.69 Å². The van der Waals surface area contributed by atoms with Crippen LogP contribution in [0.1, 0.15) is 26.3 Å². The molecule has 0 spiro atoms. The first-order valence-corrected chi connectivity index (χ1v) is 7.16. The molecule has 1 aromatic rings. The Balaban J connectivity index is 2.57. The summed E-state index contributed by atoms with van der Waals surface area (Å²) in [5, 5.41) is 9.57. The van der Waals surface area contributed by atoms with Gasteiger partial charge in [-0.15, -0.1) is 0 Å². The zero-order valence-corrected chi connectivity index (χ0v) is 13.3. The van der Waals surface area contributed by atoms with Gasteiger partial charge in [-0.05, 0) is 31.9 Å². The number of hydrogen-bond acceptors (Lipinski definition) is 4. The van der Waals surface area contributed by atoms with Crippen LogP contribution >= 0.6 is 0 Å². The molecule has 0 saturated heterocycles. The Morgan fingerprint density at radius 3 is 2.68 bits per heavy atom. The summed E-state index contributed by atoms with van der Waals surface area (Å²) in [6.07, 6.45) is 0.375. The van der Waals surface area contributed by atoms with Crippen molar-refractivity contribution in [2.24, 2.45) is 10.8 Å². The number of benzene rings is 1. The second-order valence-corrected chi connectivity index (χ2v) is 6.27. The van der Waals surface area contributed by atoms with Crippen LogP contribution in [0.5, 0.6) is 0 Å². The summed E-state index contributed by atoms with van der Waals surface area (Å²) in [4.78, 5) is 25.8. The molecule has 1 aromatic carbocycles. The van der Waals surface area contributed by atoms with Crippen molar-refractivity contribution in [3.05, 3.63) is 29.8 Å². The molecule has 0 aromatic heterocycles. The maximum atomic E-state index is 13.0. The van der Waals surface area contributed by atoms with Crippen LogP contribution in [0, 0.1) is 22.2 Å². The third-order valence-corrected chi connectivity index (χ3v) is 4.56. The van der Waals surface area contributed by atoms with Crippen LogP contribution in [0.15, 0.2) is 24.3 Å². The molecule has 0 radical (unpaired) electrons. The first-order chi connectivity index (χ1) is 10.2. The van der Waals surface area contributed by atoms with Crippen molar-refractivity contribution < 1.29 is 14.3 Å². The number of carbonyl (C=O) groups excluding carboxylic acids is 2. The Labute approximate surface area is 130 Å². The third-order valence-electron chi connectivity index (χ3n) is 4.56. The van der Waals surface area contributed by atoms with E-state index < -0.39 is 16.8 Å². The number of para-hydroxylation sites is 1. The van der Waals surface area contributed by atoms with Gasteiger partial charge in [0, 0.05) is 19.7 Å². The van der Waals surface area contributed by atoms with E-state index in [-0.39, 0.29) is 12.5 Å². The molecule has 1 heterocycles. The van der Waals surface area contributed by atoms with E-state index in [9.17, 15) is 14.9 Å². The lowest BCUT2D eigenvalue weighted by Gasteiger charge is -2.46. The average Bonchev–Trinajstić information content (AvgIpc) is 2.49. The highest BCUT2D eigenvalue weighted by Gasteiger charge is 2.56. The van der Waals surface area contributed by atoms with Gasteiger partial charge in [0.25, 0.3) is 0 Å². The number of rotatable bonds is 3. The van der Waals surface area contributed by atoms with Crippen molar-refractivity contribution in [1.82, 2.24) is 0 Å². The highest BCUT2D eigenvalue weighted by molar-refractivity contribution is 6.01. The molecule has 116 valence electrons. The molecule has 0 bridgehead atoms. The normalized spacial score (nSPS) is 21.0. The number of ether oxygens (including phenoxy) is 1. The van der Waals surface area contributed by atoms with Crippen LogP contribution in [0.2, 0.25) is 0 Å². The lowest BCUT2D eigenvalue weighted by Crippen LogP contribution is -2.57. The molecule has 5 heteroatoms. The standard InChI is InChI=1S/C17H20N2O3/c1-12(20)22-11-17(16(2,3)10-18)9-13-7-5-6-8-14(13)19(4)15(17)21/h5-8H,9,11H2,1-4H3/t17-/m1/s1. The minimum atomic E-state index is -1.09. The van der Waals surface area contributed by atoms with Crippen molar-refractivity contribution in [2.75, 3.05) is 18.6 Å². The summed E-state index contributed by atoms with van der Waals surface area (Å²) in [5.74, 6) is -0.651. The minimum Gasteiger partial charge on any atom is -0.465 e. The number of nitriles is 1. The topological polar surface area (TPSA) is 70.4 Å². The van der Waals surface area contributed by atoms with E-state index in [1.807, 2.05) is 24.3 Å². The zero-order chi connectivity index (χ0) is 16.5. The van der Waals surface area contributed by atoms with Gasteiger partial charge in [-0.1, -0.05) is 18.2 Å². The fraction of sp³-hybridized carbons (Fsp3) is 0.471. The van der Waals surface area contributed by atoms with Gasteiger partial charge in [-0.3, -0.25) is 9.59 Å². The van der Waals surface area contributed by atoms with Crippen molar-refractivity contribution in [1.29, 1.82) is 5.26 Å². The number of anilines is 1. The van der Waals surface area contributed by atoms with E-state index >= 15 is 0 Å². The van der Waals surface area contributed by atoms with Crippen LogP contribution in [-0.4, -0.2) is 25.5 Å². The van der Waals surface area contributed by atoms with E-state index in [2.05, 4.69) is 6.07 Å². The lowest BCUT2D eigenvalue weighted by atomic mass is 9.61. The van der Waals surface area contributed by atoms with Crippen LogP contribution in [0.3, 0.4) is 0 Å².